The van der Waals surface area contributed by atoms with Gasteiger partial charge in [0.2, 0.25) is 0 Å². The van der Waals surface area contributed by atoms with E-state index in [-0.39, 0.29) is 23.5 Å². The number of benzene rings is 1. The number of carbonyl (C=O) groups excluding carboxylic acids is 1. The molecule has 4 nitrogen and oxygen atoms in total. The Labute approximate surface area is 154 Å². The summed E-state index contributed by atoms with van der Waals surface area (Å²) < 4.78 is 24.6. The Bertz CT molecular complexity index is 637. The van der Waals surface area contributed by atoms with E-state index < -0.39 is 11.8 Å². The molecule has 0 radical (unpaired) electrons. The zero-order valence-corrected chi connectivity index (χ0v) is 15.7. The number of hydrogen-bond donors (Lipinski definition) is 1. The van der Waals surface area contributed by atoms with Crippen LogP contribution in [0, 0.1) is 17.7 Å². The number of aliphatic hydroxyl groups excluding tert-OH is 1. The van der Waals surface area contributed by atoms with Crippen LogP contribution in [0.1, 0.15) is 67.8 Å². The molecule has 1 N–H and O–H groups in total. The molecule has 0 spiro atoms. The Morgan fingerprint density at radius 2 is 2.04 bits per heavy atom. The predicted molar refractivity (Wildman–Crippen MR) is 96.8 cm³/mol. The van der Waals surface area contributed by atoms with Crippen LogP contribution in [0.4, 0.5) is 4.39 Å². The molecule has 0 saturated heterocycles. The van der Waals surface area contributed by atoms with Gasteiger partial charge in [-0.25, -0.2) is 9.18 Å². The van der Waals surface area contributed by atoms with E-state index >= 15 is 0 Å². The largest absolute Gasteiger partial charge is 0.494 e. The van der Waals surface area contributed by atoms with Crippen LogP contribution >= 0.6 is 0 Å². The number of ether oxygens (including phenoxy) is 2. The average molecular weight is 364 g/mol. The van der Waals surface area contributed by atoms with Crippen molar-refractivity contribution in [1.82, 2.24) is 0 Å². The fourth-order valence-electron chi connectivity index (χ4n) is 4.38. The van der Waals surface area contributed by atoms with E-state index in [9.17, 15) is 14.3 Å². The van der Waals surface area contributed by atoms with Crippen molar-refractivity contribution in [3.63, 3.8) is 0 Å². The van der Waals surface area contributed by atoms with Crippen LogP contribution in [0.25, 0.3) is 0 Å². The minimum Gasteiger partial charge on any atom is -0.494 e. The monoisotopic (exact) mass is 364 g/mol. The molecule has 0 amide bonds. The molecule has 26 heavy (non-hydrogen) atoms. The Morgan fingerprint density at radius 3 is 2.69 bits per heavy atom. The molecule has 1 saturated carbocycles. The van der Waals surface area contributed by atoms with Gasteiger partial charge in [0, 0.05) is 6.42 Å². The van der Waals surface area contributed by atoms with Gasteiger partial charge < -0.3 is 14.6 Å². The van der Waals surface area contributed by atoms with E-state index in [1.807, 2.05) is 0 Å². The molecular formula is C21H29FO4. The van der Waals surface area contributed by atoms with Crippen molar-refractivity contribution in [2.45, 2.75) is 70.5 Å². The third kappa shape index (κ3) is 4.03. The van der Waals surface area contributed by atoms with Crippen molar-refractivity contribution in [1.29, 1.82) is 0 Å². The van der Waals surface area contributed by atoms with Gasteiger partial charge in [-0.3, -0.25) is 0 Å². The molecule has 1 aromatic rings. The van der Waals surface area contributed by atoms with Gasteiger partial charge in [-0.2, -0.15) is 0 Å². The van der Waals surface area contributed by atoms with E-state index in [0.29, 0.717) is 30.7 Å². The maximum Gasteiger partial charge on any atom is 0.341 e. The first-order valence-corrected chi connectivity index (χ1v) is 9.77. The molecule has 2 unspecified atom stereocenters. The van der Waals surface area contributed by atoms with E-state index in [4.69, 9.17) is 9.47 Å². The summed E-state index contributed by atoms with van der Waals surface area (Å²) in [6.45, 7) is 2.23. The smallest absolute Gasteiger partial charge is 0.341 e. The maximum absolute atomic E-state index is 14.3. The Hall–Kier alpha value is -1.62. The van der Waals surface area contributed by atoms with Crippen LogP contribution in [0.5, 0.6) is 5.75 Å². The lowest BCUT2D eigenvalue weighted by Gasteiger charge is -2.32. The molecule has 2 atom stereocenters. The van der Waals surface area contributed by atoms with Crippen LogP contribution in [-0.4, -0.2) is 30.4 Å². The summed E-state index contributed by atoms with van der Waals surface area (Å²) in [7, 11) is 1.37. The van der Waals surface area contributed by atoms with Crippen LogP contribution in [0.15, 0.2) is 12.1 Å². The third-order valence-corrected chi connectivity index (χ3v) is 6.14. The van der Waals surface area contributed by atoms with Crippen molar-refractivity contribution in [3.8, 4) is 5.75 Å². The summed E-state index contributed by atoms with van der Waals surface area (Å²) in [5.74, 6) is -0.0729. The lowest BCUT2D eigenvalue weighted by molar-refractivity contribution is 0.0119. The van der Waals surface area contributed by atoms with Gasteiger partial charge >= 0.3 is 5.97 Å². The molecule has 5 heteroatoms. The van der Waals surface area contributed by atoms with E-state index in [2.05, 4.69) is 6.92 Å². The quantitative estimate of drug-likeness (QED) is 0.766. The zero-order valence-electron chi connectivity index (χ0n) is 15.7. The van der Waals surface area contributed by atoms with Crippen LogP contribution in [-0.2, 0) is 11.2 Å². The summed E-state index contributed by atoms with van der Waals surface area (Å²) in [6, 6.07) is 3.28. The summed E-state index contributed by atoms with van der Waals surface area (Å²) in [5.41, 5.74) is 0.640. The molecule has 2 aliphatic rings. The number of aliphatic hydroxyl groups is 1. The highest BCUT2D eigenvalue weighted by Gasteiger charge is 2.32. The zero-order chi connectivity index (χ0) is 18.7. The number of carbonyl (C=O) groups is 1. The van der Waals surface area contributed by atoms with Gasteiger partial charge in [0.05, 0.1) is 13.2 Å². The van der Waals surface area contributed by atoms with Gasteiger partial charge in [0.15, 0.2) is 11.6 Å². The van der Waals surface area contributed by atoms with E-state index in [0.717, 1.165) is 18.8 Å². The number of methoxy groups -OCH3 is 1. The minimum absolute atomic E-state index is 0.0148. The van der Waals surface area contributed by atoms with E-state index in [1.54, 1.807) is 12.1 Å². The molecule has 1 aliphatic heterocycles. The number of fused-ring (bicyclic) bond motifs is 1. The first-order valence-electron chi connectivity index (χ1n) is 9.77. The van der Waals surface area contributed by atoms with Crippen molar-refractivity contribution >= 4 is 5.97 Å². The number of hydrogen-bond acceptors (Lipinski definition) is 4. The van der Waals surface area contributed by atoms with Gasteiger partial charge in [0.25, 0.3) is 0 Å². The summed E-state index contributed by atoms with van der Waals surface area (Å²) in [5, 5.41) is 10.5. The number of esters is 1. The van der Waals surface area contributed by atoms with Gasteiger partial charge in [-0.1, -0.05) is 32.3 Å². The number of cyclic esters (lactones) is 1. The fourth-order valence-corrected chi connectivity index (χ4v) is 4.38. The summed E-state index contributed by atoms with van der Waals surface area (Å²) in [6.07, 6.45) is 6.84. The highest BCUT2D eigenvalue weighted by Crippen LogP contribution is 2.35. The highest BCUT2D eigenvalue weighted by molar-refractivity contribution is 5.93. The number of halogens is 1. The number of rotatable bonds is 6. The molecule has 1 aliphatic carbocycles. The SMILES string of the molecule is CCC1CCC(C(O)CCC2Cc3ccc(OC)c(F)c3C(=O)O2)CC1. The van der Waals surface area contributed by atoms with Crippen LogP contribution < -0.4 is 4.74 Å². The molecule has 1 aromatic carbocycles. The molecular weight excluding hydrogens is 335 g/mol. The summed E-state index contributed by atoms with van der Waals surface area (Å²) in [4.78, 5) is 12.2. The molecule has 3 rings (SSSR count). The molecule has 0 bridgehead atoms. The Morgan fingerprint density at radius 1 is 1.31 bits per heavy atom. The molecule has 1 fully saturated rings. The minimum atomic E-state index is -0.652. The Kier molecular flexibility index (Phi) is 6.17. The van der Waals surface area contributed by atoms with Gasteiger partial charge in [-0.05, 0) is 49.1 Å². The lowest BCUT2D eigenvalue weighted by Crippen LogP contribution is -2.31. The standard InChI is InChI=1S/C21H29FO4/c1-3-13-4-6-14(7-5-13)17(23)10-9-16-12-15-8-11-18(25-2)20(22)19(15)21(24)26-16/h8,11,13-14,16-17,23H,3-7,9-10,12H2,1-2H3. The van der Waals surface area contributed by atoms with Crippen molar-refractivity contribution < 1.29 is 23.8 Å². The first-order chi connectivity index (χ1) is 12.5. The second-order valence-electron chi connectivity index (χ2n) is 7.68. The van der Waals surface area contributed by atoms with E-state index in [1.165, 1.54) is 26.4 Å². The summed E-state index contributed by atoms with van der Waals surface area (Å²) >= 11 is 0. The van der Waals surface area contributed by atoms with Crippen LogP contribution in [0.3, 0.4) is 0 Å². The van der Waals surface area contributed by atoms with Gasteiger partial charge in [0.1, 0.15) is 11.7 Å². The maximum atomic E-state index is 14.3. The first kappa shape index (κ1) is 19.2. The molecule has 144 valence electrons. The Balaban J connectivity index is 1.56. The third-order valence-electron chi connectivity index (χ3n) is 6.14. The topological polar surface area (TPSA) is 55.8 Å². The van der Waals surface area contributed by atoms with Crippen molar-refractivity contribution in [2.75, 3.05) is 7.11 Å². The van der Waals surface area contributed by atoms with Crippen molar-refractivity contribution in [3.05, 3.63) is 29.1 Å². The second kappa shape index (κ2) is 8.38. The van der Waals surface area contributed by atoms with Crippen molar-refractivity contribution in [2.24, 2.45) is 11.8 Å². The molecule has 0 aromatic heterocycles. The highest BCUT2D eigenvalue weighted by atomic mass is 19.1. The fraction of sp³-hybridized carbons (Fsp3) is 0.667. The average Bonchev–Trinajstić information content (AvgIpc) is 2.66. The predicted octanol–water partition coefficient (Wildman–Crippen LogP) is 4.27. The lowest BCUT2D eigenvalue weighted by atomic mass is 9.77. The van der Waals surface area contributed by atoms with Crippen LogP contribution in [0.2, 0.25) is 0 Å². The normalized spacial score (nSPS) is 26.8. The van der Waals surface area contributed by atoms with Gasteiger partial charge in [-0.15, -0.1) is 0 Å². The second-order valence-corrected chi connectivity index (χ2v) is 7.68. The molecule has 1 heterocycles.